The molecule has 1 aliphatic heterocycles. The van der Waals surface area contributed by atoms with E-state index in [1.807, 2.05) is 4.52 Å². The van der Waals surface area contributed by atoms with E-state index in [1.54, 1.807) is 11.3 Å². The molecule has 0 spiro atoms. The molecule has 0 bridgehead atoms. The van der Waals surface area contributed by atoms with Crippen LogP contribution in [0.15, 0.2) is 18.2 Å². The van der Waals surface area contributed by atoms with E-state index in [-0.39, 0.29) is 0 Å². The fourth-order valence-electron chi connectivity index (χ4n) is 2.83. The molecule has 5 nitrogen and oxygen atoms in total. The predicted octanol–water partition coefficient (Wildman–Crippen LogP) is 2.62. The number of hydrogen-bond acceptors (Lipinski definition) is 5. The number of aromatic nitrogens is 4. The SMILES string of the molecule is CC(C)c1nnc2sc(-c3cccc4c3CCNC4)nn12. The number of nitrogens with one attached hydrogen (secondary N) is 1. The summed E-state index contributed by atoms with van der Waals surface area (Å²) in [5.41, 5.74) is 4.06. The minimum absolute atomic E-state index is 0.323. The second-order valence-electron chi connectivity index (χ2n) is 5.68. The summed E-state index contributed by atoms with van der Waals surface area (Å²) in [6, 6.07) is 6.49. The fraction of sp³-hybridized carbons (Fsp3) is 0.400. The minimum atomic E-state index is 0.323. The molecule has 2 aromatic heterocycles. The molecular formula is C15H17N5S. The van der Waals surface area contributed by atoms with Crippen LogP contribution in [0.2, 0.25) is 0 Å². The maximum Gasteiger partial charge on any atom is 0.234 e. The molecule has 1 N–H and O–H groups in total. The van der Waals surface area contributed by atoms with Gasteiger partial charge in [-0.2, -0.15) is 9.61 Å². The zero-order chi connectivity index (χ0) is 14.4. The molecule has 0 aliphatic carbocycles. The van der Waals surface area contributed by atoms with E-state index in [0.29, 0.717) is 5.92 Å². The second kappa shape index (κ2) is 4.89. The van der Waals surface area contributed by atoms with Gasteiger partial charge >= 0.3 is 0 Å². The van der Waals surface area contributed by atoms with E-state index < -0.39 is 0 Å². The van der Waals surface area contributed by atoms with E-state index in [2.05, 4.69) is 47.6 Å². The van der Waals surface area contributed by atoms with Gasteiger partial charge in [0.2, 0.25) is 4.96 Å². The van der Waals surface area contributed by atoms with E-state index in [4.69, 9.17) is 5.10 Å². The van der Waals surface area contributed by atoms with Crippen molar-refractivity contribution in [2.75, 3.05) is 6.54 Å². The van der Waals surface area contributed by atoms with Crippen molar-refractivity contribution in [1.82, 2.24) is 25.1 Å². The van der Waals surface area contributed by atoms with Crippen LogP contribution in [0.5, 0.6) is 0 Å². The topological polar surface area (TPSA) is 55.1 Å². The van der Waals surface area contributed by atoms with E-state index in [9.17, 15) is 0 Å². The van der Waals surface area contributed by atoms with Gasteiger partial charge in [-0.15, -0.1) is 10.2 Å². The van der Waals surface area contributed by atoms with Gasteiger partial charge < -0.3 is 5.32 Å². The number of fused-ring (bicyclic) bond motifs is 2. The van der Waals surface area contributed by atoms with Crippen molar-refractivity contribution in [2.24, 2.45) is 0 Å². The average molecular weight is 299 g/mol. The van der Waals surface area contributed by atoms with Crippen molar-refractivity contribution in [3.8, 4) is 10.6 Å². The summed E-state index contributed by atoms with van der Waals surface area (Å²) in [6.45, 7) is 6.22. The molecule has 0 unspecified atom stereocenters. The van der Waals surface area contributed by atoms with Gasteiger partial charge in [0.1, 0.15) is 5.01 Å². The Bertz CT molecular complexity index is 802. The van der Waals surface area contributed by atoms with Crippen molar-refractivity contribution in [1.29, 1.82) is 0 Å². The second-order valence-corrected chi connectivity index (χ2v) is 6.64. The summed E-state index contributed by atoms with van der Waals surface area (Å²) in [7, 11) is 0. The molecule has 3 aromatic rings. The molecule has 6 heteroatoms. The van der Waals surface area contributed by atoms with Gasteiger partial charge in [0.25, 0.3) is 0 Å². The molecule has 0 saturated heterocycles. The van der Waals surface area contributed by atoms with Gasteiger partial charge in [-0.25, -0.2) is 0 Å². The van der Waals surface area contributed by atoms with E-state index in [1.165, 1.54) is 16.7 Å². The van der Waals surface area contributed by atoms with Gasteiger partial charge in [0.05, 0.1) is 0 Å². The Morgan fingerprint density at radius 3 is 3.05 bits per heavy atom. The van der Waals surface area contributed by atoms with Crippen molar-refractivity contribution in [2.45, 2.75) is 32.7 Å². The van der Waals surface area contributed by atoms with Crippen LogP contribution in [0.3, 0.4) is 0 Å². The number of nitrogens with zero attached hydrogens (tertiary/aromatic N) is 4. The molecule has 1 aromatic carbocycles. The summed E-state index contributed by atoms with van der Waals surface area (Å²) in [5, 5.41) is 17.7. The Labute approximate surface area is 127 Å². The van der Waals surface area contributed by atoms with Crippen LogP contribution in [0.4, 0.5) is 0 Å². The molecular weight excluding hydrogens is 282 g/mol. The van der Waals surface area contributed by atoms with Crippen LogP contribution in [0.1, 0.15) is 36.7 Å². The Morgan fingerprint density at radius 2 is 2.19 bits per heavy atom. The molecule has 0 fully saturated rings. The highest BCUT2D eigenvalue weighted by Gasteiger charge is 2.19. The predicted molar refractivity (Wildman–Crippen MR) is 83.6 cm³/mol. The number of hydrogen-bond donors (Lipinski definition) is 1. The highest BCUT2D eigenvalue weighted by atomic mass is 32.1. The lowest BCUT2D eigenvalue weighted by Gasteiger charge is -2.19. The molecule has 0 amide bonds. The molecule has 1 aliphatic rings. The van der Waals surface area contributed by atoms with Crippen molar-refractivity contribution in [3.63, 3.8) is 0 Å². The summed E-state index contributed by atoms with van der Waals surface area (Å²) in [6.07, 6.45) is 1.06. The first-order valence-electron chi connectivity index (χ1n) is 7.28. The number of benzene rings is 1. The third kappa shape index (κ3) is 2.06. The first-order valence-corrected chi connectivity index (χ1v) is 8.09. The van der Waals surface area contributed by atoms with Crippen molar-refractivity contribution >= 4 is 16.3 Å². The Morgan fingerprint density at radius 1 is 1.29 bits per heavy atom. The summed E-state index contributed by atoms with van der Waals surface area (Å²) < 4.78 is 1.89. The molecule has 0 radical (unpaired) electrons. The van der Waals surface area contributed by atoms with Gasteiger partial charge in [0.15, 0.2) is 5.82 Å². The van der Waals surface area contributed by atoms with Crippen LogP contribution >= 0.6 is 11.3 Å². The largest absolute Gasteiger partial charge is 0.312 e. The molecule has 3 heterocycles. The highest BCUT2D eigenvalue weighted by Crippen LogP contribution is 2.32. The molecule has 108 valence electrons. The fourth-order valence-corrected chi connectivity index (χ4v) is 3.73. The summed E-state index contributed by atoms with van der Waals surface area (Å²) >= 11 is 1.62. The average Bonchev–Trinajstić information content (AvgIpc) is 3.06. The normalized spacial score (nSPS) is 14.8. The first kappa shape index (κ1) is 12.9. The maximum absolute atomic E-state index is 4.76. The quantitative estimate of drug-likeness (QED) is 0.790. The lowest BCUT2D eigenvalue weighted by Crippen LogP contribution is -2.24. The van der Waals surface area contributed by atoms with Gasteiger partial charge in [-0.1, -0.05) is 43.4 Å². The first-order chi connectivity index (χ1) is 10.2. The third-order valence-electron chi connectivity index (χ3n) is 3.90. The van der Waals surface area contributed by atoms with Crippen molar-refractivity contribution in [3.05, 3.63) is 35.2 Å². The lowest BCUT2D eigenvalue weighted by molar-refractivity contribution is 0.644. The standard InChI is InChI=1S/C15H17N5S/c1-9(2)13-17-18-15-20(13)19-14(21-15)12-5-3-4-10-8-16-7-6-11(10)12/h3-5,9,16H,6-8H2,1-2H3. The van der Waals surface area contributed by atoms with E-state index >= 15 is 0 Å². The molecule has 4 rings (SSSR count). The summed E-state index contributed by atoms with van der Waals surface area (Å²) in [5.74, 6) is 1.25. The molecule has 0 atom stereocenters. The Hall–Kier alpha value is -1.79. The minimum Gasteiger partial charge on any atom is -0.312 e. The zero-order valence-electron chi connectivity index (χ0n) is 12.1. The van der Waals surface area contributed by atoms with Gasteiger partial charge in [-0.3, -0.25) is 0 Å². The number of rotatable bonds is 2. The monoisotopic (exact) mass is 299 g/mol. The van der Waals surface area contributed by atoms with Crippen molar-refractivity contribution < 1.29 is 0 Å². The third-order valence-corrected chi connectivity index (χ3v) is 4.83. The maximum atomic E-state index is 4.76. The zero-order valence-corrected chi connectivity index (χ0v) is 12.9. The van der Waals surface area contributed by atoms with Crippen LogP contribution in [0, 0.1) is 0 Å². The summed E-state index contributed by atoms with van der Waals surface area (Å²) in [4.78, 5) is 0.875. The van der Waals surface area contributed by atoms with Crippen LogP contribution in [0.25, 0.3) is 15.5 Å². The van der Waals surface area contributed by atoms with Crippen LogP contribution in [-0.4, -0.2) is 26.4 Å². The smallest absolute Gasteiger partial charge is 0.234 e. The Balaban J connectivity index is 1.87. The lowest BCUT2D eigenvalue weighted by atomic mass is 9.96. The van der Waals surface area contributed by atoms with Gasteiger partial charge in [-0.05, 0) is 24.1 Å². The molecule has 21 heavy (non-hydrogen) atoms. The van der Waals surface area contributed by atoms with Crippen LogP contribution < -0.4 is 5.32 Å². The van der Waals surface area contributed by atoms with E-state index in [0.717, 1.165) is 35.3 Å². The Kier molecular flexibility index (Phi) is 3.01. The molecule has 0 saturated carbocycles. The van der Waals surface area contributed by atoms with Gasteiger partial charge in [0, 0.05) is 18.0 Å². The highest BCUT2D eigenvalue weighted by molar-refractivity contribution is 7.19. The van der Waals surface area contributed by atoms with Crippen LogP contribution in [-0.2, 0) is 13.0 Å².